The lowest BCUT2D eigenvalue weighted by Gasteiger charge is -2.07. The number of rotatable bonds is 7. The van der Waals surface area contributed by atoms with Gasteiger partial charge in [0.25, 0.3) is 5.69 Å². The molecule has 0 atom stereocenters. The first-order valence-corrected chi connectivity index (χ1v) is 7.90. The van der Waals surface area contributed by atoms with Crippen LogP contribution in [0.25, 0.3) is 0 Å². The molecule has 1 aromatic carbocycles. The molecule has 9 heteroatoms. The van der Waals surface area contributed by atoms with E-state index in [4.69, 9.17) is 0 Å². The van der Waals surface area contributed by atoms with Crippen LogP contribution in [0.5, 0.6) is 0 Å². The van der Waals surface area contributed by atoms with Crippen molar-refractivity contribution in [2.45, 2.75) is 17.7 Å². The molecule has 1 aromatic rings. The van der Waals surface area contributed by atoms with E-state index < -0.39 is 14.9 Å². The van der Waals surface area contributed by atoms with Crippen LogP contribution in [0.4, 0.5) is 5.69 Å². The van der Waals surface area contributed by atoms with Gasteiger partial charge < -0.3 is 5.32 Å². The van der Waals surface area contributed by atoms with E-state index >= 15 is 0 Å². The SMILES string of the molecule is O=C(NCCNS(=O)(=O)c1cccc([N+](=O)[O-])c1)C1CC1. The molecular weight excluding hydrogens is 298 g/mol. The number of nitro groups is 1. The number of nitro benzene ring substituents is 1. The van der Waals surface area contributed by atoms with Crippen LogP contribution in [0.2, 0.25) is 0 Å². The topological polar surface area (TPSA) is 118 Å². The number of hydrogen-bond acceptors (Lipinski definition) is 5. The molecule has 0 spiro atoms. The maximum absolute atomic E-state index is 12.0. The van der Waals surface area contributed by atoms with Crippen molar-refractivity contribution in [3.63, 3.8) is 0 Å². The van der Waals surface area contributed by atoms with Gasteiger partial charge >= 0.3 is 0 Å². The number of benzene rings is 1. The average Bonchev–Trinajstić information content (AvgIpc) is 3.28. The van der Waals surface area contributed by atoms with Gasteiger partial charge in [0.05, 0.1) is 9.82 Å². The van der Waals surface area contributed by atoms with E-state index in [1.807, 2.05) is 0 Å². The smallest absolute Gasteiger partial charge is 0.270 e. The molecule has 0 heterocycles. The van der Waals surface area contributed by atoms with Crippen LogP contribution < -0.4 is 10.0 Å². The minimum absolute atomic E-state index is 0.0312. The van der Waals surface area contributed by atoms with Crippen molar-refractivity contribution in [2.24, 2.45) is 5.92 Å². The predicted molar refractivity (Wildman–Crippen MR) is 74.0 cm³/mol. The van der Waals surface area contributed by atoms with Crippen LogP contribution in [0, 0.1) is 16.0 Å². The van der Waals surface area contributed by atoms with Gasteiger partial charge in [-0.15, -0.1) is 0 Å². The molecule has 0 radical (unpaired) electrons. The Morgan fingerprint density at radius 1 is 1.33 bits per heavy atom. The van der Waals surface area contributed by atoms with Gasteiger partial charge in [-0.25, -0.2) is 13.1 Å². The number of non-ortho nitro benzene ring substituents is 1. The standard InChI is InChI=1S/C12H15N3O5S/c16-12(9-4-5-9)13-6-7-14-21(19,20)11-3-1-2-10(8-11)15(17)18/h1-3,8-9,14H,4-7H2,(H,13,16). The average molecular weight is 313 g/mol. The first-order chi connectivity index (χ1) is 9.90. The third kappa shape index (κ3) is 4.23. The van der Waals surface area contributed by atoms with Crippen LogP contribution >= 0.6 is 0 Å². The summed E-state index contributed by atoms with van der Waals surface area (Å²) < 4.78 is 26.2. The molecule has 0 bridgehead atoms. The molecule has 2 rings (SSSR count). The summed E-state index contributed by atoms with van der Waals surface area (Å²) in [5, 5.41) is 13.3. The minimum atomic E-state index is -3.82. The largest absolute Gasteiger partial charge is 0.355 e. The highest BCUT2D eigenvalue weighted by Gasteiger charge is 2.29. The van der Waals surface area contributed by atoms with E-state index in [0.29, 0.717) is 0 Å². The molecule has 21 heavy (non-hydrogen) atoms. The normalized spacial score (nSPS) is 14.7. The Morgan fingerprint density at radius 2 is 2.05 bits per heavy atom. The van der Waals surface area contributed by atoms with Gasteiger partial charge in [0.15, 0.2) is 0 Å². The van der Waals surface area contributed by atoms with E-state index in [-0.39, 0.29) is 35.5 Å². The predicted octanol–water partition coefficient (Wildman–Crippen LogP) is 0.399. The lowest BCUT2D eigenvalue weighted by Crippen LogP contribution is -2.35. The number of carbonyl (C=O) groups is 1. The molecule has 8 nitrogen and oxygen atoms in total. The van der Waals surface area contributed by atoms with Gasteiger partial charge in [-0.2, -0.15) is 0 Å². The number of nitrogens with one attached hydrogen (secondary N) is 2. The van der Waals surface area contributed by atoms with Crippen LogP contribution in [0.3, 0.4) is 0 Å². The van der Waals surface area contributed by atoms with Gasteiger partial charge in [0.2, 0.25) is 15.9 Å². The summed E-state index contributed by atoms with van der Waals surface area (Å²) in [5.74, 6) is 0.00271. The second kappa shape index (κ2) is 6.19. The van der Waals surface area contributed by atoms with E-state index in [1.165, 1.54) is 18.2 Å². The summed E-state index contributed by atoms with van der Waals surface area (Å²) in [7, 11) is -3.82. The number of nitrogens with zero attached hydrogens (tertiary/aromatic N) is 1. The van der Waals surface area contributed by atoms with Crippen molar-refractivity contribution in [2.75, 3.05) is 13.1 Å². The van der Waals surface area contributed by atoms with Gasteiger partial charge in [-0.05, 0) is 18.9 Å². The third-order valence-electron chi connectivity index (χ3n) is 3.00. The molecule has 1 amide bonds. The minimum Gasteiger partial charge on any atom is -0.355 e. The molecule has 0 saturated heterocycles. The van der Waals surface area contributed by atoms with E-state index in [9.17, 15) is 23.3 Å². The Kier molecular flexibility index (Phi) is 4.53. The van der Waals surface area contributed by atoms with Crippen molar-refractivity contribution in [3.8, 4) is 0 Å². The Hall–Kier alpha value is -2.00. The maximum Gasteiger partial charge on any atom is 0.270 e. The summed E-state index contributed by atoms with van der Waals surface area (Å²) in [4.78, 5) is 21.2. The van der Waals surface area contributed by atoms with Gasteiger partial charge in [0, 0.05) is 31.1 Å². The van der Waals surface area contributed by atoms with Crippen molar-refractivity contribution in [1.82, 2.24) is 10.0 Å². The van der Waals surface area contributed by atoms with Crippen LogP contribution in [0.1, 0.15) is 12.8 Å². The molecule has 1 aliphatic carbocycles. The number of sulfonamides is 1. The monoisotopic (exact) mass is 313 g/mol. The van der Waals surface area contributed by atoms with Crippen molar-refractivity contribution in [1.29, 1.82) is 0 Å². The summed E-state index contributed by atoms with van der Waals surface area (Å²) in [5.41, 5.74) is -0.292. The summed E-state index contributed by atoms with van der Waals surface area (Å²) in [6, 6.07) is 4.79. The first-order valence-electron chi connectivity index (χ1n) is 6.42. The fourth-order valence-corrected chi connectivity index (χ4v) is 2.78. The van der Waals surface area contributed by atoms with E-state index in [0.717, 1.165) is 18.9 Å². The molecule has 0 aromatic heterocycles. The van der Waals surface area contributed by atoms with Crippen LogP contribution in [0.15, 0.2) is 29.2 Å². The second-order valence-corrected chi connectivity index (χ2v) is 6.48. The lowest BCUT2D eigenvalue weighted by molar-refractivity contribution is -0.385. The van der Waals surface area contributed by atoms with Crippen molar-refractivity contribution < 1.29 is 18.1 Å². The van der Waals surface area contributed by atoms with Crippen LogP contribution in [-0.4, -0.2) is 32.3 Å². The number of carbonyl (C=O) groups excluding carboxylic acids is 1. The van der Waals surface area contributed by atoms with Gasteiger partial charge in [-0.1, -0.05) is 6.07 Å². The summed E-state index contributed by atoms with van der Waals surface area (Å²) >= 11 is 0. The molecule has 2 N–H and O–H groups in total. The highest BCUT2D eigenvalue weighted by atomic mass is 32.2. The molecule has 1 aliphatic rings. The Labute approximate surface area is 121 Å². The van der Waals surface area contributed by atoms with Gasteiger partial charge in [0.1, 0.15) is 0 Å². The molecular formula is C12H15N3O5S. The fourth-order valence-electron chi connectivity index (χ4n) is 1.71. The summed E-state index contributed by atoms with van der Waals surface area (Å²) in [6.45, 7) is 0.215. The number of amides is 1. The second-order valence-electron chi connectivity index (χ2n) is 4.72. The van der Waals surface area contributed by atoms with Crippen molar-refractivity contribution >= 4 is 21.6 Å². The molecule has 0 aliphatic heterocycles. The highest BCUT2D eigenvalue weighted by molar-refractivity contribution is 7.89. The van der Waals surface area contributed by atoms with E-state index in [2.05, 4.69) is 10.0 Å². The Morgan fingerprint density at radius 3 is 2.67 bits per heavy atom. The molecule has 0 unspecified atom stereocenters. The first kappa shape index (κ1) is 15.4. The molecule has 1 fully saturated rings. The third-order valence-corrected chi connectivity index (χ3v) is 4.46. The zero-order valence-electron chi connectivity index (χ0n) is 11.1. The Bertz CT molecular complexity index is 655. The zero-order chi connectivity index (χ0) is 15.5. The Balaban J connectivity index is 1.90. The lowest BCUT2D eigenvalue weighted by atomic mass is 10.3. The summed E-state index contributed by atoms with van der Waals surface area (Å²) in [6.07, 6.45) is 1.76. The molecule has 114 valence electrons. The molecule has 1 saturated carbocycles. The van der Waals surface area contributed by atoms with Gasteiger partial charge in [-0.3, -0.25) is 14.9 Å². The fraction of sp³-hybridized carbons (Fsp3) is 0.417. The highest BCUT2D eigenvalue weighted by Crippen LogP contribution is 2.28. The maximum atomic E-state index is 12.0. The zero-order valence-corrected chi connectivity index (χ0v) is 11.9. The van der Waals surface area contributed by atoms with Crippen LogP contribution in [-0.2, 0) is 14.8 Å². The quantitative estimate of drug-likeness (QED) is 0.429. The number of hydrogen-bond donors (Lipinski definition) is 2. The van der Waals surface area contributed by atoms with Crippen molar-refractivity contribution in [3.05, 3.63) is 34.4 Å². The van der Waals surface area contributed by atoms with E-state index in [1.54, 1.807) is 0 Å².